The van der Waals surface area contributed by atoms with Gasteiger partial charge in [-0.2, -0.15) is 0 Å². The lowest BCUT2D eigenvalue weighted by Gasteiger charge is -2.04. The Bertz CT molecular complexity index is 468. The molecule has 0 saturated carbocycles. The smallest absolute Gasteiger partial charge is 0.285 e. The van der Waals surface area contributed by atoms with E-state index in [0.29, 0.717) is 10.7 Å². The van der Waals surface area contributed by atoms with E-state index in [4.69, 9.17) is 9.15 Å². The van der Waals surface area contributed by atoms with Crippen LogP contribution in [0.2, 0.25) is 0 Å². The van der Waals surface area contributed by atoms with Gasteiger partial charge in [-0.3, -0.25) is 0 Å². The van der Waals surface area contributed by atoms with Crippen LogP contribution in [-0.2, 0) is 0 Å². The van der Waals surface area contributed by atoms with Gasteiger partial charge < -0.3 is 9.15 Å². The standard InChI is InChI=1S/C12H13BrN2O2/c1-2-3-8-16-10-6-4-9(5-7-10)11-14-15-12(13)17-11/h4-7H,2-3,8H2,1H3. The minimum Gasteiger partial charge on any atom is -0.494 e. The largest absolute Gasteiger partial charge is 0.494 e. The second kappa shape index (κ2) is 5.82. The maximum atomic E-state index is 5.57. The van der Waals surface area contributed by atoms with Gasteiger partial charge in [-0.05, 0) is 30.7 Å². The Morgan fingerprint density at radius 3 is 2.59 bits per heavy atom. The van der Waals surface area contributed by atoms with Gasteiger partial charge in [-0.1, -0.05) is 13.3 Å². The molecule has 0 aliphatic rings. The van der Waals surface area contributed by atoms with Crippen LogP contribution >= 0.6 is 15.9 Å². The zero-order valence-electron chi connectivity index (χ0n) is 9.52. The van der Waals surface area contributed by atoms with Gasteiger partial charge in [-0.25, -0.2) is 0 Å². The predicted molar refractivity (Wildman–Crippen MR) is 67.8 cm³/mol. The Morgan fingerprint density at radius 1 is 1.24 bits per heavy atom. The van der Waals surface area contributed by atoms with Crippen LogP contribution in [0.1, 0.15) is 19.8 Å². The van der Waals surface area contributed by atoms with Gasteiger partial charge in [0.25, 0.3) is 4.80 Å². The summed E-state index contributed by atoms with van der Waals surface area (Å²) in [6.07, 6.45) is 2.20. The summed E-state index contributed by atoms with van der Waals surface area (Å²) in [6, 6.07) is 7.62. The lowest BCUT2D eigenvalue weighted by molar-refractivity contribution is 0.309. The molecule has 0 bridgehead atoms. The van der Waals surface area contributed by atoms with E-state index in [1.165, 1.54) is 0 Å². The molecule has 0 unspecified atom stereocenters. The van der Waals surface area contributed by atoms with E-state index < -0.39 is 0 Å². The van der Waals surface area contributed by atoms with Crippen molar-refractivity contribution in [2.75, 3.05) is 6.61 Å². The number of halogens is 1. The van der Waals surface area contributed by atoms with Crippen LogP contribution in [0.15, 0.2) is 33.5 Å². The summed E-state index contributed by atoms with van der Waals surface area (Å²) < 4.78 is 10.8. The highest BCUT2D eigenvalue weighted by molar-refractivity contribution is 9.10. The zero-order chi connectivity index (χ0) is 12.1. The van der Waals surface area contributed by atoms with Gasteiger partial charge in [0.05, 0.1) is 6.61 Å². The Balaban J connectivity index is 2.02. The fourth-order valence-electron chi connectivity index (χ4n) is 1.35. The fraction of sp³-hybridized carbons (Fsp3) is 0.333. The van der Waals surface area contributed by atoms with Gasteiger partial charge in [0.1, 0.15) is 5.75 Å². The second-order valence-corrected chi connectivity index (χ2v) is 4.26. The molecule has 2 aromatic rings. The maximum absolute atomic E-state index is 5.57. The van der Waals surface area contributed by atoms with Crippen LogP contribution in [0.3, 0.4) is 0 Å². The highest BCUT2D eigenvalue weighted by Crippen LogP contribution is 2.22. The number of benzene rings is 1. The van der Waals surface area contributed by atoms with E-state index in [-0.39, 0.29) is 0 Å². The molecular weight excluding hydrogens is 284 g/mol. The van der Waals surface area contributed by atoms with E-state index >= 15 is 0 Å². The molecule has 0 aliphatic carbocycles. The van der Waals surface area contributed by atoms with Gasteiger partial charge >= 0.3 is 0 Å². The minimum absolute atomic E-state index is 0.385. The fourth-order valence-corrected chi connectivity index (χ4v) is 1.58. The van der Waals surface area contributed by atoms with Crippen LogP contribution < -0.4 is 4.74 Å². The first-order valence-electron chi connectivity index (χ1n) is 5.52. The average molecular weight is 297 g/mol. The zero-order valence-corrected chi connectivity index (χ0v) is 11.1. The first-order valence-corrected chi connectivity index (χ1v) is 6.31. The van der Waals surface area contributed by atoms with E-state index in [1.54, 1.807) is 0 Å². The van der Waals surface area contributed by atoms with Gasteiger partial charge in [-0.15, -0.1) is 10.2 Å². The molecule has 0 radical (unpaired) electrons. The first kappa shape index (κ1) is 12.1. The third-order valence-electron chi connectivity index (χ3n) is 2.27. The summed E-state index contributed by atoms with van der Waals surface area (Å²) >= 11 is 3.12. The van der Waals surface area contributed by atoms with Crippen molar-refractivity contribution in [1.82, 2.24) is 10.2 Å². The lowest BCUT2D eigenvalue weighted by atomic mass is 10.2. The molecule has 1 aromatic heterocycles. The van der Waals surface area contributed by atoms with Crippen molar-refractivity contribution in [2.45, 2.75) is 19.8 Å². The number of aromatic nitrogens is 2. The number of hydrogen-bond donors (Lipinski definition) is 0. The summed E-state index contributed by atoms with van der Waals surface area (Å²) in [6.45, 7) is 2.89. The van der Waals surface area contributed by atoms with Crippen LogP contribution in [0, 0.1) is 0 Å². The Hall–Kier alpha value is -1.36. The molecule has 5 heteroatoms. The van der Waals surface area contributed by atoms with Gasteiger partial charge in [0, 0.05) is 21.5 Å². The topological polar surface area (TPSA) is 48.2 Å². The molecule has 0 atom stereocenters. The van der Waals surface area contributed by atoms with Crippen molar-refractivity contribution in [3.05, 3.63) is 29.1 Å². The van der Waals surface area contributed by atoms with Crippen molar-refractivity contribution in [2.24, 2.45) is 0 Å². The molecule has 17 heavy (non-hydrogen) atoms. The van der Waals surface area contributed by atoms with Crippen LogP contribution in [0.5, 0.6) is 5.75 Å². The summed E-state index contributed by atoms with van der Waals surface area (Å²) in [5.41, 5.74) is 0.881. The van der Waals surface area contributed by atoms with Crippen LogP contribution in [0.4, 0.5) is 0 Å². The van der Waals surface area contributed by atoms with E-state index in [1.807, 2.05) is 24.3 Å². The Labute approximate surface area is 108 Å². The number of ether oxygens (including phenoxy) is 1. The molecule has 0 fully saturated rings. The molecule has 90 valence electrons. The van der Waals surface area contributed by atoms with E-state index in [0.717, 1.165) is 30.8 Å². The average Bonchev–Trinajstić information content (AvgIpc) is 2.77. The van der Waals surface area contributed by atoms with Crippen molar-refractivity contribution in [1.29, 1.82) is 0 Å². The second-order valence-electron chi connectivity index (χ2n) is 3.59. The molecule has 1 heterocycles. The molecule has 0 amide bonds. The highest BCUT2D eigenvalue weighted by Gasteiger charge is 2.06. The molecule has 4 nitrogen and oxygen atoms in total. The monoisotopic (exact) mass is 296 g/mol. The normalized spacial score (nSPS) is 10.5. The number of nitrogens with zero attached hydrogens (tertiary/aromatic N) is 2. The molecule has 0 aliphatic heterocycles. The van der Waals surface area contributed by atoms with Gasteiger partial charge in [0.2, 0.25) is 5.89 Å². The molecule has 0 saturated heterocycles. The number of hydrogen-bond acceptors (Lipinski definition) is 4. The SMILES string of the molecule is CCCCOc1ccc(-c2nnc(Br)o2)cc1. The third-order valence-corrected chi connectivity index (χ3v) is 2.59. The van der Waals surface area contributed by atoms with Crippen LogP contribution in [0.25, 0.3) is 11.5 Å². The minimum atomic E-state index is 0.385. The van der Waals surface area contributed by atoms with E-state index in [9.17, 15) is 0 Å². The summed E-state index contributed by atoms with van der Waals surface area (Å²) in [4.78, 5) is 0.385. The molecule has 1 aromatic carbocycles. The van der Waals surface area contributed by atoms with Crippen LogP contribution in [-0.4, -0.2) is 16.8 Å². The first-order chi connectivity index (χ1) is 8.29. The van der Waals surface area contributed by atoms with Crippen molar-refractivity contribution in [3.8, 4) is 17.2 Å². The Kier molecular flexibility index (Phi) is 4.14. The molecular formula is C12H13BrN2O2. The van der Waals surface area contributed by atoms with E-state index in [2.05, 4.69) is 33.1 Å². The Morgan fingerprint density at radius 2 is 2.00 bits per heavy atom. The maximum Gasteiger partial charge on any atom is 0.285 e. The van der Waals surface area contributed by atoms with Crippen molar-refractivity contribution >= 4 is 15.9 Å². The number of unbranched alkanes of at least 4 members (excludes halogenated alkanes) is 1. The van der Waals surface area contributed by atoms with Crippen molar-refractivity contribution < 1.29 is 9.15 Å². The summed E-state index contributed by atoms with van der Waals surface area (Å²) in [5.74, 6) is 1.36. The third kappa shape index (κ3) is 3.30. The summed E-state index contributed by atoms with van der Waals surface area (Å²) in [7, 11) is 0. The molecule has 2 rings (SSSR count). The highest BCUT2D eigenvalue weighted by atomic mass is 79.9. The number of rotatable bonds is 5. The quantitative estimate of drug-likeness (QED) is 0.790. The van der Waals surface area contributed by atoms with Crippen molar-refractivity contribution in [3.63, 3.8) is 0 Å². The van der Waals surface area contributed by atoms with Gasteiger partial charge in [0.15, 0.2) is 0 Å². The predicted octanol–water partition coefficient (Wildman–Crippen LogP) is 3.68. The molecule has 0 N–H and O–H groups in total. The molecule has 0 spiro atoms. The lowest BCUT2D eigenvalue weighted by Crippen LogP contribution is -1.95. The summed E-state index contributed by atoms with van der Waals surface area (Å²) in [5, 5.41) is 7.63.